The van der Waals surface area contributed by atoms with Crippen molar-refractivity contribution in [3.8, 4) is 0 Å². The monoisotopic (exact) mass is 708 g/mol. The second-order valence-corrected chi connectivity index (χ2v) is 13.9. The topological polar surface area (TPSA) is 173 Å². The quantitative estimate of drug-likeness (QED) is 0.0250. The van der Waals surface area contributed by atoms with Crippen LogP contribution in [-0.2, 0) is 37.4 Å². The Balaban J connectivity index is 4.34. The Kier molecular flexibility index (Phi) is 32.6. The molecule has 0 saturated heterocycles. The average Bonchev–Trinajstić information content (AvgIpc) is 3.06. The lowest BCUT2D eigenvalue weighted by atomic mass is 10.0. The van der Waals surface area contributed by atoms with Gasteiger partial charge in [-0.3, -0.25) is 18.6 Å². The number of alkyl carbamates (subject to hydrolysis) is 1. The number of phosphoric acid groups is 1. The Hall–Kier alpha value is -1.72. The number of carbonyl (C=O) groups is 3. The van der Waals surface area contributed by atoms with Crippen molar-refractivity contribution in [3.05, 3.63) is 0 Å². The van der Waals surface area contributed by atoms with Crippen LogP contribution in [0.4, 0.5) is 4.79 Å². The fourth-order valence-electron chi connectivity index (χ4n) is 4.96. The van der Waals surface area contributed by atoms with Crippen molar-refractivity contribution in [2.75, 3.05) is 39.5 Å². The number of nitrogens with one attached hydrogen (secondary N) is 1. The minimum absolute atomic E-state index is 0.0945. The molecule has 0 aromatic heterocycles. The summed E-state index contributed by atoms with van der Waals surface area (Å²) in [5.41, 5.74) is 5.34. The first kappa shape index (κ1) is 46.3. The van der Waals surface area contributed by atoms with Crippen LogP contribution in [0, 0.1) is 0 Å². The molecule has 1 unspecified atom stereocenters. The fourth-order valence-corrected chi connectivity index (χ4v) is 5.71. The van der Waals surface area contributed by atoms with Gasteiger partial charge in [0.2, 0.25) is 0 Å². The average molecular weight is 709 g/mol. The number of phosphoric ester groups is 1. The molecule has 0 heterocycles. The van der Waals surface area contributed by atoms with Gasteiger partial charge in [0.05, 0.1) is 19.8 Å². The number of esters is 2. The minimum Gasteiger partial charge on any atom is -0.462 e. The lowest BCUT2D eigenvalue weighted by molar-refractivity contribution is -0.161. The van der Waals surface area contributed by atoms with Crippen molar-refractivity contribution in [1.82, 2.24) is 5.32 Å². The third-order valence-electron chi connectivity index (χ3n) is 7.83. The van der Waals surface area contributed by atoms with E-state index in [4.69, 9.17) is 29.0 Å². The highest BCUT2D eigenvalue weighted by atomic mass is 31.2. The summed E-state index contributed by atoms with van der Waals surface area (Å²) >= 11 is 0. The normalized spacial score (nSPS) is 13.1. The van der Waals surface area contributed by atoms with Crippen LogP contribution in [0.25, 0.3) is 0 Å². The molecule has 0 saturated carbocycles. The van der Waals surface area contributed by atoms with E-state index in [1.54, 1.807) is 0 Å². The van der Waals surface area contributed by atoms with E-state index in [2.05, 4.69) is 19.2 Å². The summed E-state index contributed by atoms with van der Waals surface area (Å²) in [5.74, 6) is -0.914. The van der Waals surface area contributed by atoms with Gasteiger partial charge >= 0.3 is 25.9 Å². The number of hydrogen-bond acceptors (Lipinski definition) is 10. The molecule has 0 aliphatic rings. The summed E-state index contributed by atoms with van der Waals surface area (Å²) in [6.45, 7) is 3.69. The molecule has 0 bridgehead atoms. The SMILES string of the molecule is CCCCCCCCCCCCCCCCCC(=O)OC[C@H](COP(=O)(O)OCCNC(=O)OCCCN)OC(=O)CCCCCCC. The molecule has 48 heavy (non-hydrogen) atoms. The van der Waals surface area contributed by atoms with E-state index in [-0.39, 0.29) is 39.2 Å². The Morgan fingerprint density at radius 1 is 0.625 bits per heavy atom. The smallest absolute Gasteiger partial charge is 0.462 e. The maximum Gasteiger partial charge on any atom is 0.472 e. The molecule has 0 aromatic carbocycles. The van der Waals surface area contributed by atoms with Crippen LogP contribution in [0.5, 0.6) is 0 Å². The van der Waals surface area contributed by atoms with Gasteiger partial charge in [-0.2, -0.15) is 0 Å². The van der Waals surface area contributed by atoms with Crippen LogP contribution in [0.2, 0.25) is 0 Å². The van der Waals surface area contributed by atoms with Crippen LogP contribution >= 0.6 is 7.82 Å². The van der Waals surface area contributed by atoms with Gasteiger partial charge in [-0.05, 0) is 25.8 Å². The Labute approximate surface area is 290 Å². The van der Waals surface area contributed by atoms with Gasteiger partial charge in [-0.15, -0.1) is 0 Å². The van der Waals surface area contributed by atoms with Crippen molar-refractivity contribution in [3.63, 3.8) is 0 Å². The minimum atomic E-state index is -4.54. The zero-order valence-corrected chi connectivity index (χ0v) is 31.1. The number of ether oxygens (including phenoxy) is 3. The third-order valence-corrected chi connectivity index (χ3v) is 8.81. The standard InChI is InChI=1S/C35H69N2O10P/c1-3-5-7-9-10-11-12-13-14-15-16-17-18-20-21-24-33(38)44-30-32(47-34(39)25-22-19-8-6-4-2)31-46-48(41,42)45-29-27-37-35(40)43-28-23-26-36/h32H,3-31,36H2,1-2H3,(H,37,40)(H,41,42)/t32-/m1/s1. The summed E-state index contributed by atoms with van der Waals surface area (Å²) in [5, 5.41) is 2.38. The van der Waals surface area contributed by atoms with Crippen molar-refractivity contribution >= 4 is 25.9 Å². The molecule has 0 aliphatic carbocycles. The summed E-state index contributed by atoms with van der Waals surface area (Å²) in [7, 11) is -4.54. The Morgan fingerprint density at radius 2 is 1.10 bits per heavy atom. The van der Waals surface area contributed by atoms with Gasteiger partial charge in [-0.25, -0.2) is 9.36 Å². The number of nitrogens with two attached hydrogens (primary N) is 1. The lowest BCUT2D eigenvalue weighted by Crippen LogP contribution is -2.30. The summed E-state index contributed by atoms with van der Waals surface area (Å²) < 4.78 is 37.9. The van der Waals surface area contributed by atoms with Crippen LogP contribution in [0.3, 0.4) is 0 Å². The molecule has 2 atom stereocenters. The molecule has 0 aromatic rings. The third kappa shape index (κ3) is 32.8. The van der Waals surface area contributed by atoms with Crippen LogP contribution < -0.4 is 11.1 Å². The number of carbonyl (C=O) groups excluding carboxylic acids is 3. The Morgan fingerprint density at radius 3 is 1.60 bits per heavy atom. The molecule has 12 nitrogen and oxygen atoms in total. The van der Waals surface area contributed by atoms with Gasteiger partial charge in [-0.1, -0.05) is 129 Å². The second-order valence-electron chi connectivity index (χ2n) is 12.5. The maximum atomic E-state index is 12.4. The molecule has 0 spiro atoms. The van der Waals surface area contributed by atoms with E-state index >= 15 is 0 Å². The molecule has 4 N–H and O–H groups in total. The Bertz CT molecular complexity index is 833. The van der Waals surface area contributed by atoms with Gasteiger partial charge in [0.1, 0.15) is 6.61 Å². The first-order valence-corrected chi connectivity index (χ1v) is 20.3. The zero-order valence-electron chi connectivity index (χ0n) is 30.2. The molecule has 0 rings (SSSR count). The van der Waals surface area contributed by atoms with Gasteiger partial charge in [0.15, 0.2) is 6.10 Å². The molecular formula is C35H69N2O10P. The highest BCUT2D eigenvalue weighted by Crippen LogP contribution is 2.43. The van der Waals surface area contributed by atoms with Gasteiger partial charge in [0.25, 0.3) is 0 Å². The van der Waals surface area contributed by atoms with Gasteiger partial charge < -0.3 is 30.2 Å². The first-order chi connectivity index (χ1) is 23.2. The maximum absolute atomic E-state index is 12.4. The molecule has 0 radical (unpaired) electrons. The lowest BCUT2D eigenvalue weighted by Gasteiger charge is -2.20. The fraction of sp³-hybridized carbons (Fsp3) is 0.914. The highest BCUT2D eigenvalue weighted by molar-refractivity contribution is 7.47. The van der Waals surface area contributed by atoms with Crippen LogP contribution in [0.15, 0.2) is 0 Å². The van der Waals surface area contributed by atoms with Crippen molar-refractivity contribution in [2.45, 2.75) is 168 Å². The van der Waals surface area contributed by atoms with Crippen LogP contribution in [0.1, 0.15) is 162 Å². The van der Waals surface area contributed by atoms with Gasteiger partial charge in [0, 0.05) is 19.4 Å². The number of rotatable bonds is 35. The number of amides is 1. The molecule has 1 amide bonds. The highest BCUT2D eigenvalue weighted by Gasteiger charge is 2.26. The first-order valence-electron chi connectivity index (χ1n) is 18.8. The zero-order chi connectivity index (χ0) is 35.6. The molecular weight excluding hydrogens is 639 g/mol. The molecule has 0 fully saturated rings. The predicted octanol–water partition coefficient (Wildman–Crippen LogP) is 8.27. The van der Waals surface area contributed by atoms with E-state index in [0.29, 0.717) is 25.8 Å². The predicted molar refractivity (Wildman–Crippen MR) is 189 cm³/mol. The molecule has 0 aliphatic heterocycles. The summed E-state index contributed by atoms with van der Waals surface area (Å²) in [6, 6.07) is 0. The number of hydrogen-bond donors (Lipinski definition) is 3. The van der Waals surface area contributed by atoms with Crippen molar-refractivity contribution < 1.29 is 47.1 Å². The largest absolute Gasteiger partial charge is 0.472 e. The number of unbranched alkanes of at least 4 members (excludes halogenated alkanes) is 18. The summed E-state index contributed by atoms with van der Waals surface area (Å²) in [6.07, 6.45) is 22.5. The van der Waals surface area contributed by atoms with Crippen molar-refractivity contribution in [1.29, 1.82) is 0 Å². The van der Waals surface area contributed by atoms with E-state index in [0.717, 1.165) is 44.9 Å². The van der Waals surface area contributed by atoms with E-state index < -0.39 is 38.6 Å². The summed E-state index contributed by atoms with van der Waals surface area (Å²) in [4.78, 5) is 46.4. The van der Waals surface area contributed by atoms with Crippen molar-refractivity contribution in [2.24, 2.45) is 5.73 Å². The van der Waals surface area contributed by atoms with E-state index in [1.807, 2.05) is 0 Å². The van der Waals surface area contributed by atoms with E-state index in [1.165, 1.54) is 70.6 Å². The van der Waals surface area contributed by atoms with E-state index in [9.17, 15) is 23.8 Å². The second kappa shape index (κ2) is 33.8. The molecule has 284 valence electrons. The van der Waals surface area contributed by atoms with Crippen LogP contribution in [-0.4, -0.2) is 68.5 Å². The molecule has 13 heteroatoms.